The largest absolute Gasteiger partial charge is 0.304 e. The van der Waals surface area contributed by atoms with Crippen LogP contribution in [-0.4, -0.2) is 73.1 Å². The number of hydrogen-bond acceptors (Lipinski definition) is 3. The van der Waals surface area contributed by atoms with Crippen molar-refractivity contribution in [2.45, 2.75) is 46.2 Å². The number of hydrogen-bond donors (Lipinski definition) is 0. The van der Waals surface area contributed by atoms with Crippen LogP contribution in [-0.2, 0) is 0 Å². The van der Waals surface area contributed by atoms with Crippen LogP contribution in [0.15, 0.2) is 0 Å². The number of piperazine rings is 1. The molecule has 0 bridgehead atoms. The molecule has 1 saturated heterocycles. The van der Waals surface area contributed by atoms with Crippen LogP contribution in [0.5, 0.6) is 0 Å². The molecule has 0 spiro atoms. The highest BCUT2D eigenvalue weighted by atomic mass is 15.3. The summed E-state index contributed by atoms with van der Waals surface area (Å²) in [5, 5.41) is 0. The monoisotopic (exact) mass is 241 g/mol. The molecule has 0 radical (unpaired) electrons. The van der Waals surface area contributed by atoms with Crippen LogP contribution in [0.2, 0.25) is 0 Å². The summed E-state index contributed by atoms with van der Waals surface area (Å²) < 4.78 is 0. The maximum absolute atomic E-state index is 2.62. The van der Waals surface area contributed by atoms with Gasteiger partial charge in [0.2, 0.25) is 0 Å². The van der Waals surface area contributed by atoms with E-state index in [4.69, 9.17) is 0 Å². The van der Waals surface area contributed by atoms with Crippen LogP contribution in [0.4, 0.5) is 0 Å². The lowest BCUT2D eigenvalue weighted by atomic mass is 10.2. The standard InChI is InChI=1S/C14H31N3/c1-13(2)15(5)7-6-8-16-9-11-17(12-10-16)14(3)4/h13-14H,6-12H2,1-5H3. The van der Waals surface area contributed by atoms with Crippen LogP contribution in [0, 0.1) is 0 Å². The molecule has 3 nitrogen and oxygen atoms in total. The highest BCUT2D eigenvalue weighted by molar-refractivity contribution is 4.74. The Hall–Kier alpha value is -0.120. The van der Waals surface area contributed by atoms with E-state index in [-0.39, 0.29) is 0 Å². The van der Waals surface area contributed by atoms with Gasteiger partial charge in [0.15, 0.2) is 0 Å². The predicted molar refractivity (Wildman–Crippen MR) is 75.5 cm³/mol. The molecule has 102 valence electrons. The molecule has 0 N–H and O–H groups in total. The van der Waals surface area contributed by atoms with Gasteiger partial charge in [0.25, 0.3) is 0 Å². The van der Waals surface area contributed by atoms with Crippen molar-refractivity contribution in [3.8, 4) is 0 Å². The molecule has 0 amide bonds. The zero-order chi connectivity index (χ0) is 12.8. The Balaban J connectivity index is 2.10. The van der Waals surface area contributed by atoms with Crippen molar-refractivity contribution < 1.29 is 0 Å². The highest BCUT2D eigenvalue weighted by Gasteiger charge is 2.18. The minimum atomic E-state index is 0.674. The highest BCUT2D eigenvalue weighted by Crippen LogP contribution is 2.06. The summed E-state index contributed by atoms with van der Waals surface area (Å²) in [6.07, 6.45) is 1.30. The maximum atomic E-state index is 2.62. The van der Waals surface area contributed by atoms with Crippen LogP contribution in [0.3, 0.4) is 0 Å². The van der Waals surface area contributed by atoms with Crippen molar-refractivity contribution in [2.24, 2.45) is 0 Å². The molecular formula is C14H31N3. The summed E-state index contributed by atoms with van der Waals surface area (Å²) in [5.74, 6) is 0. The Bertz CT molecular complexity index is 196. The van der Waals surface area contributed by atoms with E-state index in [1.54, 1.807) is 0 Å². The average molecular weight is 241 g/mol. The van der Waals surface area contributed by atoms with Gasteiger partial charge in [-0.2, -0.15) is 0 Å². The Morgan fingerprint density at radius 3 is 2.06 bits per heavy atom. The summed E-state index contributed by atoms with van der Waals surface area (Å²) in [7, 11) is 2.22. The van der Waals surface area contributed by atoms with Gasteiger partial charge in [0, 0.05) is 38.3 Å². The Kier molecular flexibility index (Phi) is 6.45. The zero-order valence-corrected chi connectivity index (χ0v) is 12.4. The fourth-order valence-corrected chi connectivity index (χ4v) is 2.31. The van der Waals surface area contributed by atoms with Crippen LogP contribution >= 0.6 is 0 Å². The maximum Gasteiger partial charge on any atom is 0.0113 e. The van der Waals surface area contributed by atoms with E-state index in [9.17, 15) is 0 Å². The lowest BCUT2D eigenvalue weighted by molar-refractivity contribution is 0.104. The van der Waals surface area contributed by atoms with Crippen molar-refractivity contribution in [3.05, 3.63) is 0 Å². The third-order valence-electron chi connectivity index (χ3n) is 4.00. The SMILES string of the molecule is CC(C)N(C)CCCN1CCN(C(C)C)CC1. The molecule has 1 aliphatic rings. The lowest BCUT2D eigenvalue weighted by Crippen LogP contribution is -2.49. The molecular weight excluding hydrogens is 210 g/mol. The smallest absolute Gasteiger partial charge is 0.0113 e. The molecule has 1 fully saturated rings. The van der Waals surface area contributed by atoms with Gasteiger partial charge in [-0.15, -0.1) is 0 Å². The van der Waals surface area contributed by atoms with E-state index in [0.717, 1.165) is 0 Å². The summed E-state index contributed by atoms with van der Waals surface area (Å²) in [6, 6.07) is 1.39. The molecule has 0 unspecified atom stereocenters. The summed E-state index contributed by atoms with van der Waals surface area (Å²) in [6.45, 7) is 16.6. The van der Waals surface area contributed by atoms with E-state index >= 15 is 0 Å². The minimum Gasteiger partial charge on any atom is -0.304 e. The fourth-order valence-electron chi connectivity index (χ4n) is 2.31. The van der Waals surface area contributed by atoms with Gasteiger partial charge >= 0.3 is 0 Å². The first-order valence-corrected chi connectivity index (χ1v) is 7.17. The molecule has 0 aromatic heterocycles. The third kappa shape index (κ3) is 5.36. The molecule has 0 atom stereocenters. The summed E-state index contributed by atoms with van der Waals surface area (Å²) >= 11 is 0. The van der Waals surface area contributed by atoms with Crippen LogP contribution in [0.25, 0.3) is 0 Å². The molecule has 0 saturated carbocycles. The van der Waals surface area contributed by atoms with E-state index in [2.05, 4.69) is 49.4 Å². The lowest BCUT2D eigenvalue weighted by Gasteiger charge is -2.37. The Morgan fingerprint density at radius 1 is 1.00 bits per heavy atom. The quantitative estimate of drug-likeness (QED) is 0.701. The van der Waals surface area contributed by atoms with Crippen molar-refractivity contribution >= 4 is 0 Å². The van der Waals surface area contributed by atoms with Gasteiger partial charge in [0.05, 0.1) is 0 Å². The number of rotatable bonds is 6. The van der Waals surface area contributed by atoms with Crippen molar-refractivity contribution in [3.63, 3.8) is 0 Å². The third-order valence-corrected chi connectivity index (χ3v) is 4.00. The fraction of sp³-hybridized carbons (Fsp3) is 1.00. The first-order chi connectivity index (χ1) is 8.00. The van der Waals surface area contributed by atoms with Crippen molar-refractivity contribution in [1.82, 2.24) is 14.7 Å². The van der Waals surface area contributed by atoms with E-state index < -0.39 is 0 Å². The number of nitrogens with zero attached hydrogens (tertiary/aromatic N) is 3. The van der Waals surface area contributed by atoms with Crippen LogP contribution in [0.1, 0.15) is 34.1 Å². The molecule has 17 heavy (non-hydrogen) atoms. The van der Waals surface area contributed by atoms with Gasteiger partial charge in [-0.25, -0.2) is 0 Å². The molecule has 1 aliphatic heterocycles. The predicted octanol–water partition coefficient (Wildman–Crippen LogP) is 1.74. The second-order valence-electron chi connectivity index (χ2n) is 5.90. The normalized spacial score (nSPS) is 19.8. The van der Waals surface area contributed by atoms with Crippen LogP contribution < -0.4 is 0 Å². The molecule has 1 heterocycles. The second kappa shape index (κ2) is 7.34. The second-order valence-corrected chi connectivity index (χ2v) is 5.90. The molecule has 3 heteroatoms. The van der Waals surface area contributed by atoms with Gasteiger partial charge < -0.3 is 9.80 Å². The van der Waals surface area contributed by atoms with E-state index in [0.29, 0.717) is 12.1 Å². The first kappa shape index (κ1) is 14.9. The van der Waals surface area contributed by atoms with E-state index in [1.165, 1.54) is 45.7 Å². The zero-order valence-electron chi connectivity index (χ0n) is 12.4. The summed E-state index contributed by atoms with van der Waals surface area (Å²) in [4.78, 5) is 7.63. The summed E-state index contributed by atoms with van der Waals surface area (Å²) in [5.41, 5.74) is 0. The van der Waals surface area contributed by atoms with Crippen molar-refractivity contribution in [1.29, 1.82) is 0 Å². The average Bonchev–Trinajstić information content (AvgIpc) is 2.29. The molecule has 1 rings (SSSR count). The molecule has 0 aliphatic carbocycles. The van der Waals surface area contributed by atoms with Gasteiger partial charge in [-0.05, 0) is 54.3 Å². The van der Waals surface area contributed by atoms with Gasteiger partial charge in [0.1, 0.15) is 0 Å². The van der Waals surface area contributed by atoms with E-state index in [1.807, 2.05) is 0 Å². The Morgan fingerprint density at radius 2 is 1.59 bits per heavy atom. The van der Waals surface area contributed by atoms with Gasteiger partial charge in [-0.1, -0.05) is 0 Å². The first-order valence-electron chi connectivity index (χ1n) is 7.17. The molecule has 0 aromatic carbocycles. The van der Waals surface area contributed by atoms with Gasteiger partial charge in [-0.3, -0.25) is 4.90 Å². The minimum absolute atomic E-state index is 0.674. The van der Waals surface area contributed by atoms with Crippen molar-refractivity contribution in [2.75, 3.05) is 46.3 Å². The Labute approximate surface area is 108 Å². The molecule has 0 aromatic rings. The topological polar surface area (TPSA) is 9.72 Å².